The molecule has 0 N–H and O–H groups in total. The maximum atomic E-state index is 12.9. The zero-order valence-corrected chi connectivity index (χ0v) is 13.9. The SMILES string of the molecule is Cc1oc2cc(OC(=O)c3ccco3)ccc2c(=O)c1-c1ccccc1. The molecule has 5 heteroatoms. The van der Waals surface area contributed by atoms with Crippen LogP contribution in [0.25, 0.3) is 22.1 Å². The molecule has 0 spiro atoms. The predicted molar refractivity (Wildman–Crippen MR) is 96.3 cm³/mol. The molecule has 0 unspecified atom stereocenters. The third-order valence-corrected chi connectivity index (χ3v) is 4.04. The molecule has 128 valence electrons. The summed E-state index contributed by atoms with van der Waals surface area (Å²) in [5, 5.41) is 0.423. The van der Waals surface area contributed by atoms with Crippen LogP contribution in [0.15, 0.2) is 80.6 Å². The van der Waals surface area contributed by atoms with Crippen LogP contribution in [-0.2, 0) is 0 Å². The molecule has 5 nitrogen and oxygen atoms in total. The van der Waals surface area contributed by atoms with Gasteiger partial charge in [-0.2, -0.15) is 0 Å². The Bertz CT molecular complexity index is 1140. The highest BCUT2D eigenvalue weighted by atomic mass is 16.5. The number of aryl methyl sites for hydroxylation is 1. The van der Waals surface area contributed by atoms with E-state index in [0.717, 1.165) is 5.56 Å². The van der Waals surface area contributed by atoms with Crippen molar-refractivity contribution < 1.29 is 18.4 Å². The van der Waals surface area contributed by atoms with Gasteiger partial charge in [0, 0.05) is 6.07 Å². The van der Waals surface area contributed by atoms with E-state index in [1.54, 1.807) is 25.1 Å². The van der Waals surface area contributed by atoms with Crippen molar-refractivity contribution in [2.75, 3.05) is 0 Å². The normalized spacial score (nSPS) is 10.8. The van der Waals surface area contributed by atoms with Gasteiger partial charge < -0.3 is 13.6 Å². The van der Waals surface area contributed by atoms with E-state index in [4.69, 9.17) is 13.6 Å². The minimum atomic E-state index is -0.616. The van der Waals surface area contributed by atoms with Crippen LogP contribution in [0.3, 0.4) is 0 Å². The molecule has 0 aliphatic carbocycles. The van der Waals surface area contributed by atoms with Crippen molar-refractivity contribution in [3.8, 4) is 16.9 Å². The second kappa shape index (κ2) is 6.37. The number of rotatable bonds is 3. The molecule has 2 aromatic heterocycles. The first kappa shape index (κ1) is 15.9. The van der Waals surface area contributed by atoms with Gasteiger partial charge in [0.15, 0.2) is 0 Å². The molecule has 4 rings (SSSR count). The van der Waals surface area contributed by atoms with Gasteiger partial charge in [-0.05, 0) is 36.8 Å². The fourth-order valence-corrected chi connectivity index (χ4v) is 2.84. The van der Waals surface area contributed by atoms with Crippen molar-refractivity contribution in [2.45, 2.75) is 6.92 Å². The summed E-state index contributed by atoms with van der Waals surface area (Å²) in [7, 11) is 0. The number of ether oxygens (including phenoxy) is 1. The van der Waals surface area contributed by atoms with E-state index >= 15 is 0 Å². The largest absolute Gasteiger partial charge is 0.460 e. The van der Waals surface area contributed by atoms with Gasteiger partial charge in [0.05, 0.1) is 17.2 Å². The first-order valence-electron chi connectivity index (χ1n) is 8.02. The molecule has 0 amide bonds. The lowest BCUT2D eigenvalue weighted by molar-refractivity contribution is 0.0701. The number of fused-ring (bicyclic) bond motifs is 1. The third kappa shape index (κ3) is 2.80. The van der Waals surface area contributed by atoms with Gasteiger partial charge in [-0.15, -0.1) is 0 Å². The Morgan fingerprint density at radius 3 is 2.54 bits per heavy atom. The molecule has 26 heavy (non-hydrogen) atoms. The number of carbonyl (C=O) groups excluding carboxylic acids is 1. The van der Waals surface area contributed by atoms with E-state index in [1.165, 1.54) is 18.4 Å². The number of esters is 1. The summed E-state index contributed by atoms with van der Waals surface area (Å²) in [6.07, 6.45) is 1.39. The van der Waals surface area contributed by atoms with Crippen LogP contribution in [0.4, 0.5) is 0 Å². The van der Waals surface area contributed by atoms with Crippen molar-refractivity contribution in [1.29, 1.82) is 0 Å². The van der Waals surface area contributed by atoms with E-state index in [0.29, 0.717) is 22.3 Å². The Morgan fingerprint density at radius 1 is 1.00 bits per heavy atom. The summed E-state index contributed by atoms with van der Waals surface area (Å²) in [5.74, 6) is 0.258. The molecule has 0 fully saturated rings. The average molecular weight is 346 g/mol. The van der Waals surface area contributed by atoms with Crippen LogP contribution in [-0.4, -0.2) is 5.97 Å². The summed E-state index contributed by atoms with van der Waals surface area (Å²) in [6.45, 7) is 1.74. The third-order valence-electron chi connectivity index (χ3n) is 4.04. The number of hydrogen-bond donors (Lipinski definition) is 0. The van der Waals surface area contributed by atoms with Gasteiger partial charge in [0.2, 0.25) is 11.2 Å². The van der Waals surface area contributed by atoms with Gasteiger partial charge in [-0.1, -0.05) is 30.3 Å². The van der Waals surface area contributed by atoms with Gasteiger partial charge in [0.1, 0.15) is 17.1 Å². The molecular formula is C21H14O5. The molecule has 0 atom stereocenters. The van der Waals surface area contributed by atoms with Crippen molar-refractivity contribution in [3.63, 3.8) is 0 Å². The fraction of sp³-hybridized carbons (Fsp3) is 0.0476. The molecule has 0 aliphatic rings. The molecular weight excluding hydrogens is 332 g/mol. The highest BCUT2D eigenvalue weighted by molar-refractivity contribution is 5.89. The maximum Gasteiger partial charge on any atom is 0.379 e. The van der Waals surface area contributed by atoms with Gasteiger partial charge in [0.25, 0.3) is 0 Å². The molecule has 2 heterocycles. The Hall–Kier alpha value is -3.60. The maximum absolute atomic E-state index is 12.9. The minimum absolute atomic E-state index is 0.0992. The van der Waals surface area contributed by atoms with E-state index < -0.39 is 5.97 Å². The van der Waals surface area contributed by atoms with Gasteiger partial charge >= 0.3 is 5.97 Å². The van der Waals surface area contributed by atoms with Crippen molar-refractivity contribution in [3.05, 3.63) is 88.7 Å². The molecule has 4 aromatic rings. The van der Waals surface area contributed by atoms with E-state index in [-0.39, 0.29) is 16.9 Å². The summed E-state index contributed by atoms with van der Waals surface area (Å²) < 4.78 is 16.1. The number of furan rings is 1. The van der Waals surface area contributed by atoms with E-state index in [1.807, 2.05) is 30.3 Å². The summed E-state index contributed by atoms with van der Waals surface area (Å²) in [5.41, 5.74) is 1.56. The first-order chi connectivity index (χ1) is 12.6. The van der Waals surface area contributed by atoms with Crippen LogP contribution in [0.1, 0.15) is 16.3 Å². The Labute approximate surface area is 148 Å². The smallest absolute Gasteiger partial charge is 0.379 e. The molecule has 0 bridgehead atoms. The van der Waals surface area contributed by atoms with Crippen LogP contribution >= 0.6 is 0 Å². The molecule has 2 aromatic carbocycles. The number of carbonyl (C=O) groups is 1. The highest BCUT2D eigenvalue weighted by Crippen LogP contribution is 2.26. The molecule has 0 saturated heterocycles. The topological polar surface area (TPSA) is 69.7 Å². The standard InChI is InChI=1S/C21H14O5/c1-13-19(14-6-3-2-4-7-14)20(22)16-10-9-15(12-18(16)25-13)26-21(23)17-8-5-11-24-17/h2-12H,1H3. The summed E-state index contributed by atoms with van der Waals surface area (Å²) in [4.78, 5) is 24.9. The molecule has 0 aliphatic heterocycles. The zero-order chi connectivity index (χ0) is 18.1. The van der Waals surface area contributed by atoms with Crippen LogP contribution in [0, 0.1) is 6.92 Å². The molecule has 0 saturated carbocycles. The van der Waals surface area contributed by atoms with Crippen LogP contribution < -0.4 is 10.2 Å². The Balaban J connectivity index is 1.76. The Kier molecular flexibility index (Phi) is 3.89. The lowest BCUT2D eigenvalue weighted by atomic mass is 10.0. The lowest BCUT2D eigenvalue weighted by Gasteiger charge is -2.08. The zero-order valence-electron chi connectivity index (χ0n) is 13.9. The number of benzene rings is 2. The van der Waals surface area contributed by atoms with E-state index in [9.17, 15) is 9.59 Å². The van der Waals surface area contributed by atoms with Gasteiger partial charge in [-0.3, -0.25) is 4.79 Å². The van der Waals surface area contributed by atoms with Crippen LogP contribution in [0.2, 0.25) is 0 Å². The van der Waals surface area contributed by atoms with Crippen molar-refractivity contribution in [1.82, 2.24) is 0 Å². The second-order valence-corrected chi connectivity index (χ2v) is 5.75. The monoisotopic (exact) mass is 346 g/mol. The first-order valence-corrected chi connectivity index (χ1v) is 8.02. The van der Waals surface area contributed by atoms with Crippen LogP contribution in [0.5, 0.6) is 5.75 Å². The Morgan fingerprint density at radius 2 is 1.81 bits per heavy atom. The lowest BCUT2D eigenvalue weighted by Crippen LogP contribution is -2.09. The summed E-state index contributed by atoms with van der Waals surface area (Å²) in [6, 6.07) is 17.2. The quantitative estimate of drug-likeness (QED) is 0.401. The average Bonchev–Trinajstić information content (AvgIpc) is 3.17. The number of hydrogen-bond acceptors (Lipinski definition) is 5. The van der Waals surface area contributed by atoms with Crippen molar-refractivity contribution in [2.24, 2.45) is 0 Å². The highest BCUT2D eigenvalue weighted by Gasteiger charge is 2.16. The fourth-order valence-electron chi connectivity index (χ4n) is 2.84. The predicted octanol–water partition coefficient (Wildman–Crippen LogP) is 4.58. The van der Waals surface area contributed by atoms with Gasteiger partial charge in [-0.25, -0.2) is 4.79 Å². The second-order valence-electron chi connectivity index (χ2n) is 5.75. The minimum Gasteiger partial charge on any atom is -0.460 e. The summed E-state index contributed by atoms with van der Waals surface area (Å²) >= 11 is 0. The molecule has 0 radical (unpaired) electrons. The van der Waals surface area contributed by atoms with E-state index in [2.05, 4.69) is 0 Å². The van der Waals surface area contributed by atoms with Crippen molar-refractivity contribution >= 4 is 16.9 Å².